The van der Waals surface area contributed by atoms with Gasteiger partial charge in [-0.25, -0.2) is 0 Å². The third kappa shape index (κ3) is 3.90. The molecule has 0 amide bonds. The Hall–Kier alpha value is -1.67. The van der Waals surface area contributed by atoms with Crippen LogP contribution in [0.5, 0.6) is 0 Å². The van der Waals surface area contributed by atoms with Crippen molar-refractivity contribution in [3.8, 4) is 0 Å². The van der Waals surface area contributed by atoms with Crippen molar-refractivity contribution in [2.75, 3.05) is 0 Å². The van der Waals surface area contributed by atoms with Gasteiger partial charge in [-0.05, 0) is 29.8 Å². The zero-order chi connectivity index (χ0) is 13.5. The molecule has 2 aromatic carbocycles. The molecular formula is C17H18OS. The summed E-state index contributed by atoms with van der Waals surface area (Å²) in [7, 11) is 0. The maximum absolute atomic E-state index is 5.99. The highest BCUT2D eigenvalue weighted by atomic mass is 32.1. The van der Waals surface area contributed by atoms with Gasteiger partial charge < -0.3 is 4.74 Å². The lowest BCUT2D eigenvalue weighted by atomic mass is 10.0. The monoisotopic (exact) mass is 270 g/mol. The van der Waals surface area contributed by atoms with E-state index in [4.69, 9.17) is 17.0 Å². The average Bonchev–Trinajstić information content (AvgIpc) is 2.47. The third-order valence-corrected chi connectivity index (χ3v) is 3.21. The number of hydrogen-bond donors (Lipinski definition) is 0. The second kappa shape index (κ2) is 7.05. The van der Waals surface area contributed by atoms with Gasteiger partial charge in [0.05, 0.1) is 0 Å². The van der Waals surface area contributed by atoms with E-state index in [1.807, 2.05) is 36.4 Å². The lowest BCUT2D eigenvalue weighted by Crippen LogP contribution is -2.10. The Morgan fingerprint density at radius 1 is 0.947 bits per heavy atom. The fourth-order valence-electron chi connectivity index (χ4n) is 1.98. The van der Waals surface area contributed by atoms with Crippen LogP contribution < -0.4 is 0 Å². The molecule has 0 unspecified atom stereocenters. The molecule has 98 valence electrons. The number of benzene rings is 2. The molecule has 0 radical (unpaired) electrons. The summed E-state index contributed by atoms with van der Waals surface area (Å²) < 4.78 is 5.99. The third-order valence-electron chi connectivity index (χ3n) is 2.91. The molecule has 0 heterocycles. The lowest BCUT2D eigenvalue weighted by molar-refractivity contribution is 0.233. The van der Waals surface area contributed by atoms with Gasteiger partial charge in [0.2, 0.25) is 0 Å². The SMILES string of the molecule is CCCC(=S)OC(c1ccccc1)c1ccccc1. The first-order valence-electron chi connectivity index (χ1n) is 6.60. The zero-order valence-corrected chi connectivity index (χ0v) is 11.9. The molecule has 0 N–H and O–H groups in total. The average molecular weight is 270 g/mol. The Labute approximate surface area is 120 Å². The topological polar surface area (TPSA) is 9.23 Å². The molecule has 0 saturated heterocycles. The summed E-state index contributed by atoms with van der Waals surface area (Å²) in [6.07, 6.45) is 1.72. The normalized spacial score (nSPS) is 10.4. The van der Waals surface area contributed by atoms with Gasteiger partial charge in [0.15, 0.2) is 5.05 Å². The molecule has 0 bridgehead atoms. The molecule has 2 aromatic rings. The minimum atomic E-state index is -0.110. The van der Waals surface area contributed by atoms with Crippen LogP contribution in [0.3, 0.4) is 0 Å². The second-order valence-electron chi connectivity index (χ2n) is 4.44. The number of ether oxygens (including phenoxy) is 1. The van der Waals surface area contributed by atoms with Gasteiger partial charge >= 0.3 is 0 Å². The Bertz CT molecular complexity index is 468. The molecular weight excluding hydrogens is 252 g/mol. The molecule has 19 heavy (non-hydrogen) atoms. The highest BCUT2D eigenvalue weighted by Gasteiger charge is 2.16. The molecule has 2 rings (SSSR count). The molecule has 0 spiro atoms. The van der Waals surface area contributed by atoms with Crippen LogP contribution in [0.4, 0.5) is 0 Å². The first kappa shape index (κ1) is 13.8. The van der Waals surface area contributed by atoms with Crippen LogP contribution in [0.25, 0.3) is 0 Å². The molecule has 1 nitrogen and oxygen atoms in total. The molecule has 0 atom stereocenters. The van der Waals surface area contributed by atoms with E-state index < -0.39 is 0 Å². The summed E-state index contributed by atoms with van der Waals surface area (Å²) in [5.74, 6) is 0. The van der Waals surface area contributed by atoms with Gasteiger partial charge in [-0.1, -0.05) is 67.6 Å². The summed E-state index contributed by atoms with van der Waals surface area (Å²) in [5, 5.41) is 0.681. The fourth-order valence-corrected chi connectivity index (χ4v) is 2.28. The highest BCUT2D eigenvalue weighted by Crippen LogP contribution is 2.26. The standard InChI is InChI=1S/C17H18OS/c1-2-9-16(19)18-17(14-10-5-3-6-11-14)15-12-7-4-8-13-15/h3-8,10-13,17H,2,9H2,1H3. The van der Waals surface area contributed by atoms with Crippen LogP contribution in [0.15, 0.2) is 60.7 Å². The van der Waals surface area contributed by atoms with Crippen molar-refractivity contribution in [3.05, 3.63) is 71.8 Å². The maximum Gasteiger partial charge on any atom is 0.161 e. The minimum absolute atomic E-state index is 0.110. The van der Waals surface area contributed by atoms with E-state index >= 15 is 0 Å². The Morgan fingerprint density at radius 3 is 1.84 bits per heavy atom. The first-order chi connectivity index (χ1) is 9.31. The predicted octanol–water partition coefficient (Wildman–Crippen LogP) is 4.92. The van der Waals surface area contributed by atoms with Crippen molar-refractivity contribution in [1.82, 2.24) is 0 Å². The molecule has 0 aliphatic heterocycles. The summed E-state index contributed by atoms with van der Waals surface area (Å²) in [6.45, 7) is 2.11. The van der Waals surface area contributed by atoms with Crippen LogP contribution in [0.2, 0.25) is 0 Å². The van der Waals surface area contributed by atoms with Crippen molar-refractivity contribution in [2.45, 2.75) is 25.9 Å². The lowest BCUT2D eigenvalue weighted by Gasteiger charge is -2.20. The van der Waals surface area contributed by atoms with Crippen LogP contribution in [-0.2, 0) is 4.74 Å². The van der Waals surface area contributed by atoms with Crippen LogP contribution in [-0.4, -0.2) is 5.05 Å². The maximum atomic E-state index is 5.99. The fraction of sp³-hybridized carbons (Fsp3) is 0.235. The zero-order valence-electron chi connectivity index (χ0n) is 11.1. The van der Waals surface area contributed by atoms with Gasteiger partial charge in [0.25, 0.3) is 0 Å². The van der Waals surface area contributed by atoms with E-state index in [-0.39, 0.29) is 6.10 Å². The quantitative estimate of drug-likeness (QED) is 0.713. The number of thiocarbonyl (C=S) groups is 1. The Balaban J connectivity index is 2.26. The minimum Gasteiger partial charge on any atom is -0.474 e. The van der Waals surface area contributed by atoms with E-state index in [9.17, 15) is 0 Å². The summed E-state index contributed by atoms with van der Waals surface area (Å²) in [6, 6.07) is 20.4. The smallest absolute Gasteiger partial charge is 0.161 e. The first-order valence-corrected chi connectivity index (χ1v) is 7.01. The molecule has 0 aliphatic carbocycles. The molecule has 0 fully saturated rings. The molecule has 0 aromatic heterocycles. The Kier molecular flexibility index (Phi) is 5.10. The predicted molar refractivity (Wildman–Crippen MR) is 83.3 cm³/mol. The van der Waals surface area contributed by atoms with Gasteiger partial charge in [0, 0.05) is 6.42 Å². The van der Waals surface area contributed by atoms with Crippen molar-refractivity contribution in [3.63, 3.8) is 0 Å². The Morgan fingerprint density at radius 2 is 1.42 bits per heavy atom. The van der Waals surface area contributed by atoms with Crippen molar-refractivity contribution in [1.29, 1.82) is 0 Å². The summed E-state index contributed by atoms with van der Waals surface area (Å²) in [5.41, 5.74) is 2.26. The van der Waals surface area contributed by atoms with Gasteiger partial charge in [-0.2, -0.15) is 0 Å². The number of hydrogen-bond acceptors (Lipinski definition) is 2. The number of rotatable bonds is 5. The van der Waals surface area contributed by atoms with Crippen molar-refractivity contribution >= 4 is 17.3 Å². The van der Waals surface area contributed by atoms with Crippen LogP contribution >= 0.6 is 12.2 Å². The molecule has 0 aliphatic rings. The van der Waals surface area contributed by atoms with Gasteiger partial charge in [-0.3, -0.25) is 0 Å². The van der Waals surface area contributed by atoms with Gasteiger partial charge in [-0.15, -0.1) is 0 Å². The van der Waals surface area contributed by atoms with E-state index in [0.717, 1.165) is 24.0 Å². The van der Waals surface area contributed by atoms with E-state index in [0.29, 0.717) is 5.05 Å². The second-order valence-corrected chi connectivity index (χ2v) is 4.90. The van der Waals surface area contributed by atoms with Gasteiger partial charge in [0.1, 0.15) is 6.10 Å². The van der Waals surface area contributed by atoms with Crippen LogP contribution in [0, 0.1) is 0 Å². The van der Waals surface area contributed by atoms with Crippen LogP contribution in [0.1, 0.15) is 37.0 Å². The highest BCUT2D eigenvalue weighted by molar-refractivity contribution is 7.80. The van der Waals surface area contributed by atoms with E-state index in [2.05, 4.69) is 31.2 Å². The largest absolute Gasteiger partial charge is 0.474 e. The summed E-state index contributed by atoms with van der Waals surface area (Å²) in [4.78, 5) is 0. The molecule has 0 saturated carbocycles. The van der Waals surface area contributed by atoms with Crippen molar-refractivity contribution in [2.24, 2.45) is 0 Å². The molecule has 2 heteroatoms. The van der Waals surface area contributed by atoms with Crippen molar-refractivity contribution < 1.29 is 4.74 Å². The summed E-state index contributed by atoms with van der Waals surface area (Å²) >= 11 is 5.31. The van der Waals surface area contributed by atoms with E-state index in [1.54, 1.807) is 0 Å². The van der Waals surface area contributed by atoms with E-state index in [1.165, 1.54) is 0 Å².